The molecule has 1 amide bonds. The van der Waals surface area contributed by atoms with Gasteiger partial charge in [0.1, 0.15) is 5.75 Å². The molecule has 5 nitrogen and oxygen atoms in total. The second kappa shape index (κ2) is 10.6. The van der Waals surface area contributed by atoms with E-state index in [1.807, 2.05) is 43.3 Å². The van der Waals surface area contributed by atoms with Crippen LogP contribution in [0.25, 0.3) is 6.08 Å². The molecule has 0 aliphatic carbocycles. The van der Waals surface area contributed by atoms with Crippen molar-refractivity contribution < 1.29 is 14.3 Å². The molecule has 0 saturated carbocycles. The molecule has 0 atom stereocenters. The Morgan fingerprint density at radius 1 is 1.14 bits per heavy atom. The number of rotatable bonds is 8. The van der Waals surface area contributed by atoms with Crippen LogP contribution in [0.1, 0.15) is 18.1 Å². The van der Waals surface area contributed by atoms with E-state index >= 15 is 0 Å². The third-order valence-electron chi connectivity index (χ3n) is 4.68. The maximum atomic E-state index is 12.2. The zero-order chi connectivity index (χ0) is 19.6. The van der Waals surface area contributed by atoms with Crippen LogP contribution >= 0.6 is 0 Å². The van der Waals surface area contributed by atoms with E-state index in [4.69, 9.17) is 9.47 Å². The second-order valence-electron chi connectivity index (χ2n) is 6.69. The Hall–Kier alpha value is -2.63. The van der Waals surface area contributed by atoms with Gasteiger partial charge in [0.25, 0.3) is 0 Å². The Bertz CT molecular complexity index is 781. The highest BCUT2D eigenvalue weighted by Gasteiger charge is 2.09. The first-order valence-electron chi connectivity index (χ1n) is 9.84. The number of morpholine rings is 1. The molecule has 0 radical (unpaired) electrons. The smallest absolute Gasteiger partial charge is 0.248 e. The molecule has 5 heteroatoms. The molecular formula is C23H28N2O3. The van der Waals surface area contributed by atoms with Crippen molar-refractivity contribution in [3.8, 4) is 5.75 Å². The van der Waals surface area contributed by atoms with E-state index in [0.717, 1.165) is 56.3 Å². The summed E-state index contributed by atoms with van der Waals surface area (Å²) in [4.78, 5) is 14.6. The zero-order valence-electron chi connectivity index (χ0n) is 16.4. The van der Waals surface area contributed by atoms with Crippen LogP contribution in [0.3, 0.4) is 0 Å². The van der Waals surface area contributed by atoms with Gasteiger partial charge in [-0.15, -0.1) is 0 Å². The number of carbonyl (C=O) groups is 1. The molecule has 1 aliphatic rings. The van der Waals surface area contributed by atoms with E-state index < -0.39 is 0 Å². The quantitative estimate of drug-likeness (QED) is 0.711. The van der Waals surface area contributed by atoms with E-state index in [1.54, 1.807) is 6.08 Å². The third kappa shape index (κ3) is 6.22. The number of ether oxygens (including phenoxy) is 2. The molecule has 0 unspecified atom stereocenters. The SMILES string of the molecule is CCOc1ccccc1/C=C/C(=O)Nc1ccc(CCN2CCOCC2)cc1. The molecule has 1 aliphatic heterocycles. The maximum Gasteiger partial charge on any atom is 0.248 e. The van der Waals surface area contributed by atoms with Crippen LogP contribution in [-0.2, 0) is 16.0 Å². The number of nitrogens with zero attached hydrogens (tertiary/aromatic N) is 1. The van der Waals surface area contributed by atoms with Crippen molar-refractivity contribution in [1.82, 2.24) is 4.90 Å². The number of amides is 1. The van der Waals surface area contributed by atoms with E-state index in [-0.39, 0.29) is 5.91 Å². The molecule has 2 aromatic rings. The number of hydrogen-bond donors (Lipinski definition) is 1. The second-order valence-corrected chi connectivity index (χ2v) is 6.69. The van der Waals surface area contributed by atoms with Gasteiger partial charge in [-0.1, -0.05) is 30.3 Å². The molecule has 1 fully saturated rings. The maximum absolute atomic E-state index is 12.2. The third-order valence-corrected chi connectivity index (χ3v) is 4.68. The van der Waals surface area contributed by atoms with Crippen LogP contribution in [0.5, 0.6) is 5.75 Å². The van der Waals surface area contributed by atoms with Crippen molar-refractivity contribution in [1.29, 1.82) is 0 Å². The van der Waals surface area contributed by atoms with Gasteiger partial charge in [0.2, 0.25) is 5.91 Å². The highest BCUT2D eigenvalue weighted by atomic mass is 16.5. The van der Waals surface area contributed by atoms with E-state index in [0.29, 0.717) is 6.61 Å². The summed E-state index contributed by atoms with van der Waals surface area (Å²) < 4.78 is 11.0. The zero-order valence-corrected chi connectivity index (χ0v) is 16.4. The van der Waals surface area contributed by atoms with Gasteiger partial charge in [0, 0.05) is 37.0 Å². The Kier molecular flexibility index (Phi) is 7.64. The van der Waals surface area contributed by atoms with E-state index in [9.17, 15) is 4.79 Å². The summed E-state index contributed by atoms with van der Waals surface area (Å²) >= 11 is 0. The first-order chi connectivity index (χ1) is 13.7. The number of nitrogens with one attached hydrogen (secondary N) is 1. The summed E-state index contributed by atoms with van der Waals surface area (Å²) in [7, 11) is 0. The van der Waals surface area contributed by atoms with Gasteiger partial charge in [-0.3, -0.25) is 9.69 Å². The molecule has 2 aromatic carbocycles. The van der Waals surface area contributed by atoms with Crippen LogP contribution < -0.4 is 10.1 Å². The summed E-state index contributed by atoms with van der Waals surface area (Å²) in [6.07, 6.45) is 4.31. The van der Waals surface area contributed by atoms with Crippen molar-refractivity contribution in [2.24, 2.45) is 0 Å². The summed E-state index contributed by atoms with van der Waals surface area (Å²) in [5.74, 6) is 0.617. The topological polar surface area (TPSA) is 50.8 Å². The Labute approximate surface area is 167 Å². The van der Waals surface area contributed by atoms with Crippen molar-refractivity contribution in [3.05, 3.63) is 65.7 Å². The minimum atomic E-state index is -0.160. The van der Waals surface area contributed by atoms with Crippen LogP contribution in [0, 0.1) is 0 Å². The summed E-state index contributed by atoms with van der Waals surface area (Å²) in [5, 5.41) is 2.90. The Morgan fingerprint density at radius 3 is 2.64 bits per heavy atom. The first kappa shape index (κ1) is 20.1. The van der Waals surface area contributed by atoms with Crippen molar-refractivity contribution in [3.63, 3.8) is 0 Å². The molecule has 148 valence electrons. The largest absolute Gasteiger partial charge is 0.493 e. The minimum absolute atomic E-state index is 0.160. The first-order valence-corrected chi connectivity index (χ1v) is 9.84. The highest BCUT2D eigenvalue weighted by Crippen LogP contribution is 2.19. The lowest BCUT2D eigenvalue weighted by molar-refractivity contribution is -0.111. The minimum Gasteiger partial charge on any atom is -0.493 e. The number of benzene rings is 2. The fourth-order valence-electron chi connectivity index (χ4n) is 3.12. The molecule has 1 N–H and O–H groups in total. The van der Waals surface area contributed by atoms with Crippen molar-refractivity contribution in [2.45, 2.75) is 13.3 Å². The van der Waals surface area contributed by atoms with Crippen LogP contribution in [0.2, 0.25) is 0 Å². The van der Waals surface area contributed by atoms with Gasteiger partial charge in [0.05, 0.1) is 19.8 Å². The summed E-state index contributed by atoms with van der Waals surface area (Å²) in [6, 6.07) is 15.7. The van der Waals surface area contributed by atoms with Crippen LogP contribution in [0.4, 0.5) is 5.69 Å². The molecular weight excluding hydrogens is 352 g/mol. The summed E-state index contributed by atoms with van der Waals surface area (Å²) in [5.41, 5.74) is 2.95. The molecule has 1 saturated heterocycles. The number of carbonyl (C=O) groups excluding carboxylic acids is 1. The predicted molar refractivity (Wildman–Crippen MR) is 113 cm³/mol. The normalized spacial score (nSPS) is 14.9. The van der Waals surface area contributed by atoms with Crippen LogP contribution in [0.15, 0.2) is 54.6 Å². The number of hydrogen-bond acceptors (Lipinski definition) is 4. The van der Waals surface area contributed by atoms with Gasteiger partial charge in [-0.25, -0.2) is 0 Å². The van der Waals surface area contributed by atoms with Gasteiger partial charge < -0.3 is 14.8 Å². The van der Waals surface area contributed by atoms with Gasteiger partial charge in [-0.2, -0.15) is 0 Å². The number of anilines is 1. The average Bonchev–Trinajstić information content (AvgIpc) is 2.74. The average molecular weight is 380 g/mol. The molecule has 0 bridgehead atoms. The van der Waals surface area contributed by atoms with E-state index in [2.05, 4.69) is 22.3 Å². The molecule has 0 spiro atoms. The summed E-state index contributed by atoms with van der Waals surface area (Å²) in [6.45, 7) is 7.24. The standard InChI is InChI=1S/C23H28N2O3/c1-2-28-22-6-4-3-5-20(22)9-12-23(26)24-21-10-7-19(8-11-21)13-14-25-15-17-27-18-16-25/h3-12H,2,13-18H2,1H3,(H,24,26)/b12-9+. The van der Waals surface area contributed by atoms with Crippen molar-refractivity contribution in [2.75, 3.05) is 44.8 Å². The molecule has 28 heavy (non-hydrogen) atoms. The van der Waals surface area contributed by atoms with Gasteiger partial charge in [-0.05, 0) is 43.2 Å². The number of para-hydroxylation sites is 1. The lowest BCUT2D eigenvalue weighted by Crippen LogP contribution is -2.37. The van der Waals surface area contributed by atoms with Crippen LogP contribution in [-0.4, -0.2) is 50.3 Å². The Balaban J connectivity index is 1.50. The van der Waals surface area contributed by atoms with E-state index in [1.165, 1.54) is 11.6 Å². The lowest BCUT2D eigenvalue weighted by Gasteiger charge is -2.26. The van der Waals surface area contributed by atoms with Gasteiger partial charge >= 0.3 is 0 Å². The van der Waals surface area contributed by atoms with Crippen molar-refractivity contribution >= 4 is 17.7 Å². The lowest BCUT2D eigenvalue weighted by atomic mass is 10.1. The predicted octanol–water partition coefficient (Wildman–Crippen LogP) is 3.61. The fraction of sp³-hybridized carbons (Fsp3) is 0.348. The highest BCUT2D eigenvalue weighted by molar-refractivity contribution is 6.02. The molecule has 3 rings (SSSR count). The molecule has 1 heterocycles. The monoisotopic (exact) mass is 380 g/mol. The molecule has 0 aromatic heterocycles. The van der Waals surface area contributed by atoms with Gasteiger partial charge in [0.15, 0.2) is 0 Å². The fourth-order valence-corrected chi connectivity index (χ4v) is 3.12. The Morgan fingerprint density at radius 2 is 1.89 bits per heavy atom.